The van der Waals surface area contributed by atoms with E-state index in [0.717, 1.165) is 5.56 Å². The molecule has 7 nitrogen and oxygen atoms in total. The summed E-state index contributed by atoms with van der Waals surface area (Å²) in [6.45, 7) is 0.625. The van der Waals surface area contributed by atoms with Gasteiger partial charge in [0.15, 0.2) is 0 Å². The average Bonchev–Trinajstić information content (AvgIpc) is 2.84. The first kappa shape index (κ1) is 23.5. The lowest BCUT2D eigenvalue weighted by Crippen LogP contribution is -2.41. The number of nitrogens with zero attached hydrogens (tertiary/aromatic N) is 1. The number of amides is 4. The fourth-order valence-electron chi connectivity index (χ4n) is 3.26. The van der Waals surface area contributed by atoms with Gasteiger partial charge in [-0.05, 0) is 23.3 Å². The molecule has 7 heteroatoms. The van der Waals surface area contributed by atoms with Crippen LogP contribution in [-0.2, 0) is 16.1 Å². The zero-order valence-corrected chi connectivity index (χ0v) is 18.5. The molecule has 0 saturated carbocycles. The van der Waals surface area contributed by atoms with Gasteiger partial charge in [0, 0.05) is 32.2 Å². The van der Waals surface area contributed by atoms with Gasteiger partial charge in [0.25, 0.3) is 5.91 Å². The van der Waals surface area contributed by atoms with E-state index in [-0.39, 0.29) is 30.8 Å². The number of hydrogen-bond donors (Lipinski definition) is 3. The molecule has 0 radical (unpaired) electrons. The minimum absolute atomic E-state index is 0.0485. The predicted molar refractivity (Wildman–Crippen MR) is 128 cm³/mol. The summed E-state index contributed by atoms with van der Waals surface area (Å²) in [5, 5.41) is 8.35. The van der Waals surface area contributed by atoms with Crippen molar-refractivity contribution >= 4 is 23.5 Å². The second-order valence-electron chi connectivity index (χ2n) is 7.59. The second-order valence-corrected chi connectivity index (χ2v) is 7.59. The molecule has 0 heterocycles. The number of benzene rings is 3. The molecule has 33 heavy (non-hydrogen) atoms. The smallest absolute Gasteiger partial charge is 0.317 e. The number of rotatable bonds is 9. The number of carbonyl (C=O) groups is 3. The zero-order chi connectivity index (χ0) is 23.5. The van der Waals surface area contributed by atoms with Gasteiger partial charge in [-0.3, -0.25) is 9.59 Å². The van der Waals surface area contributed by atoms with Crippen molar-refractivity contribution in [2.45, 2.75) is 19.0 Å². The minimum atomic E-state index is -0.852. The molecule has 0 aromatic heterocycles. The number of anilines is 1. The molecule has 0 aliphatic carbocycles. The van der Waals surface area contributed by atoms with E-state index >= 15 is 0 Å². The summed E-state index contributed by atoms with van der Waals surface area (Å²) >= 11 is 0. The summed E-state index contributed by atoms with van der Waals surface area (Å²) in [5.41, 5.74) is 2.33. The Hall–Kier alpha value is -4.13. The average molecular weight is 445 g/mol. The van der Waals surface area contributed by atoms with Gasteiger partial charge in [-0.2, -0.15) is 0 Å². The Morgan fingerprint density at radius 2 is 1.39 bits per heavy atom. The first-order chi connectivity index (χ1) is 16.0. The molecule has 0 bridgehead atoms. The first-order valence-corrected chi connectivity index (χ1v) is 10.8. The van der Waals surface area contributed by atoms with Gasteiger partial charge in [-0.25, -0.2) is 4.79 Å². The lowest BCUT2D eigenvalue weighted by Gasteiger charge is -2.20. The maximum Gasteiger partial charge on any atom is 0.317 e. The van der Waals surface area contributed by atoms with Gasteiger partial charge in [0.05, 0.1) is 0 Å². The van der Waals surface area contributed by atoms with E-state index in [2.05, 4.69) is 16.0 Å². The third-order valence-electron chi connectivity index (χ3n) is 4.98. The molecule has 0 fully saturated rings. The standard InChI is InChI=1S/C26H28N4O3/c1-30(19-20-11-5-2-6-12-20)26(33)27-18-17-23(31)29-24(21-13-7-3-8-14-21)25(32)28-22-15-9-4-10-16-22/h2-16,24H,17-19H2,1H3,(H,27,33)(H,28,32)(H,29,31). The molecule has 3 aromatic rings. The van der Waals surface area contributed by atoms with E-state index in [9.17, 15) is 14.4 Å². The second kappa shape index (κ2) is 12.0. The van der Waals surface area contributed by atoms with Crippen molar-refractivity contribution in [1.29, 1.82) is 0 Å². The fourth-order valence-corrected chi connectivity index (χ4v) is 3.26. The number of carbonyl (C=O) groups excluding carboxylic acids is 3. The third kappa shape index (κ3) is 7.50. The summed E-state index contributed by atoms with van der Waals surface area (Å²) in [4.78, 5) is 39.3. The van der Waals surface area contributed by atoms with Crippen LogP contribution in [0.15, 0.2) is 91.0 Å². The van der Waals surface area contributed by atoms with Crippen molar-refractivity contribution in [2.24, 2.45) is 0 Å². The lowest BCUT2D eigenvalue weighted by atomic mass is 10.1. The summed E-state index contributed by atoms with van der Waals surface area (Å²) in [6, 6.07) is 26.6. The van der Waals surface area contributed by atoms with Crippen molar-refractivity contribution in [3.05, 3.63) is 102 Å². The molecule has 0 aliphatic heterocycles. The molecule has 0 aliphatic rings. The molecule has 3 N–H and O–H groups in total. The highest BCUT2D eigenvalue weighted by atomic mass is 16.2. The Kier molecular flexibility index (Phi) is 8.59. The molecule has 170 valence electrons. The van der Waals surface area contributed by atoms with Crippen molar-refractivity contribution in [1.82, 2.24) is 15.5 Å². The highest BCUT2D eigenvalue weighted by Gasteiger charge is 2.23. The molecule has 1 atom stereocenters. The Balaban J connectivity index is 1.52. The SMILES string of the molecule is CN(Cc1ccccc1)C(=O)NCCC(=O)NC(C(=O)Nc1ccccc1)c1ccccc1. The van der Waals surface area contributed by atoms with Crippen LogP contribution in [0.3, 0.4) is 0 Å². The van der Waals surface area contributed by atoms with Crippen LogP contribution in [0.5, 0.6) is 0 Å². The zero-order valence-electron chi connectivity index (χ0n) is 18.5. The van der Waals surface area contributed by atoms with Gasteiger partial charge in [0.1, 0.15) is 6.04 Å². The van der Waals surface area contributed by atoms with Crippen LogP contribution >= 0.6 is 0 Å². The predicted octanol–water partition coefficient (Wildman–Crippen LogP) is 3.71. The van der Waals surface area contributed by atoms with Crippen LogP contribution in [0, 0.1) is 0 Å². The summed E-state index contributed by atoms with van der Waals surface area (Å²) in [6.07, 6.45) is 0.0485. The van der Waals surface area contributed by atoms with Gasteiger partial charge < -0.3 is 20.9 Å². The van der Waals surface area contributed by atoms with Crippen LogP contribution in [0.1, 0.15) is 23.6 Å². The molecule has 0 spiro atoms. The summed E-state index contributed by atoms with van der Waals surface area (Å²) in [5.74, 6) is -0.676. The number of para-hydroxylation sites is 1. The molecule has 3 rings (SSSR count). The largest absolute Gasteiger partial charge is 0.340 e. The maximum atomic E-state index is 12.9. The normalized spacial score (nSPS) is 11.2. The third-order valence-corrected chi connectivity index (χ3v) is 4.98. The maximum absolute atomic E-state index is 12.9. The summed E-state index contributed by atoms with van der Waals surface area (Å²) < 4.78 is 0. The van der Waals surface area contributed by atoms with E-state index < -0.39 is 6.04 Å². The molecule has 4 amide bonds. The highest BCUT2D eigenvalue weighted by Crippen LogP contribution is 2.16. The number of hydrogen-bond acceptors (Lipinski definition) is 3. The molecule has 0 saturated heterocycles. The number of nitrogens with one attached hydrogen (secondary N) is 3. The van der Waals surface area contributed by atoms with E-state index in [1.165, 1.54) is 0 Å². The van der Waals surface area contributed by atoms with Gasteiger partial charge >= 0.3 is 6.03 Å². The van der Waals surface area contributed by atoms with Crippen molar-refractivity contribution in [2.75, 3.05) is 18.9 Å². The molecule has 3 aromatic carbocycles. The fraction of sp³-hybridized carbons (Fsp3) is 0.192. The van der Waals surface area contributed by atoms with Crippen LogP contribution in [-0.4, -0.2) is 36.3 Å². The molecular weight excluding hydrogens is 416 g/mol. The van der Waals surface area contributed by atoms with Crippen LogP contribution in [0.4, 0.5) is 10.5 Å². The van der Waals surface area contributed by atoms with Gasteiger partial charge in [-0.15, -0.1) is 0 Å². The van der Waals surface area contributed by atoms with Crippen molar-refractivity contribution in [3.63, 3.8) is 0 Å². The number of urea groups is 1. The van der Waals surface area contributed by atoms with E-state index in [1.807, 2.05) is 66.7 Å². The Morgan fingerprint density at radius 1 is 0.818 bits per heavy atom. The monoisotopic (exact) mass is 444 g/mol. The Morgan fingerprint density at radius 3 is 2.03 bits per heavy atom. The van der Waals surface area contributed by atoms with Gasteiger partial charge in [-0.1, -0.05) is 78.9 Å². The van der Waals surface area contributed by atoms with Gasteiger partial charge in [0.2, 0.25) is 5.91 Å². The quantitative estimate of drug-likeness (QED) is 0.470. The van der Waals surface area contributed by atoms with Crippen molar-refractivity contribution in [3.8, 4) is 0 Å². The van der Waals surface area contributed by atoms with Crippen LogP contribution < -0.4 is 16.0 Å². The summed E-state index contributed by atoms with van der Waals surface area (Å²) in [7, 11) is 1.70. The van der Waals surface area contributed by atoms with Crippen LogP contribution in [0.25, 0.3) is 0 Å². The topological polar surface area (TPSA) is 90.5 Å². The Bertz CT molecular complexity index is 1040. The highest BCUT2D eigenvalue weighted by molar-refractivity contribution is 5.97. The minimum Gasteiger partial charge on any atom is -0.340 e. The molecular formula is C26H28N4O3. The van der Waals surface area contributed by atoms with Crippen LogP contribution in [0.2, 0.25) is 0 Å². The lowest BCUT2D eigenvalue weighted by molar-refractivity contribution is -0.126. The molecule has 1 unspecified atom stereocenters. The first-order valence-electron chi connectivity index (χ1n) is 10.8. The van der Waals surface area contributed by atoms with Crippen molar-refractivity contribution < 1.29 is 14.4 Å². The van der Waals surface area contributed by atoms with E-state index in [1.54, 1.807) is 36.2 Å². The van der Waals surface area contributed by atoms with E-state index in [4.69, 9.17) is 0 Å². The van der Waals surface area contributed by atoms with E-state index in [0.29, 0.717) is 17.8 Å². The Labute approximate surface area is 193 Å².